The van der Waals surface area contributed by atoms with Gasteiger partial charge in [-0.1, -0.05) is 13.3 Å². The Morgan fingerprint density at radius 3 is 2.15 bits per heavy atom. The first kappa shape index (κ1) is 22.5. The average Bonchev–Trinajstić information content (AvgIpc) is 2.52. The van der Waals surface area contributed by atoms with Crippen LogP contribution >= 0.6 is 0 Å². The minimum Gasteiger partial charge on any atom is -0.458 e. The van der Waals surface area contributed by atoms with Crippen LogP contribution in [0.25, 0.3) is 0 Å². The molecule has 152 valence electrons. The van der Waals surface area contributed by atoms with E-state index in [1.54, 1.807) is 6.92 Å². The zero-order valence-corrected chi connectivity index (χ0v) is 15.4. The Morgan fingerprint density at radius 2 is 1.67 bits per heavy atom. The third-order valence-electron chi connectivity index (χ3n) is 3.55. The summed E-state index contributed by atoms with van der Waals surface area (Å²) in [5.41, 5.74) is 0. The molecule has 0 aliphatic carbocycles. The summed E-state index contributed by atoms with van der Waals surface area (Å²) in [6, 6.07) is 0. The van der Waals surface area contributed by atoms with Gasteiger partial charge in [0.15, 0.2) is 12.2 Å². The molecule has 0 unspecified atom stereocenters. The molecule has 1 aliphatic rings. The van der Waals surface area contributed by atoms with Crippen LogP contribution in [0, 0.1) is 0 Å². The first-order chi connectivity index (χ1) is 12.5. The predicted molar refractivity (Wildman–Crippen MR) is 85.5 cm³/mol. The van der Waals surface area contributed by atoms with E-state index in [-0.39, 0.29) is 6.42 Å². The van der Waals surface area contributed by atoms with Gasteiger partial charge >= 0.3 is 29.8 Å². The fraction of sp³-hybridized carbons (Fsp3) is 0.647. The lowest BCUT2D eigenvalue weighted by molar-refractivity contribution is -0.220. The van der Waals surface area contributed by atoms with Crippen molar-refractivity contribution in [3.05, 3.63) is 12.2 Å². The summed E-state index contributed by atoms with van der Waals surface area (Å²) in [6.07, 6.45) is -5.56. The van der Waals surface area contributed by atoms with E-state index in [0.717, 1.165) is 20.8 Å². The molecule has 8 nitrogen and oxygen atoms in total. The summed E-state index contributed by atoms with van der Waals surface area (Å²) in [6.45, 7) is 4.78. The molecule has 0 spiro atoms. The quantitative estimate of drug-likeness (QED) is 0.454. The van der Waals surface area contributed by atoms with Crippen LogP contribution in [0.2, 0.25) is 0 Å². The number of hydrogen-bond donors (Lipinski definition) is 0. The van der Waals surface area contributed by atoms with Crippen molar-refractivity contribution in [3.63, 3.8) is 0 Å². The van der Waals surface area contributed by atoms with Crippen LogP contribution in [0.1, 0.15) is 40.5 Å². The van der Waals surface area contributed by atoms with Crippen molar-refractivity contribution in [3.8, 4) is 0 Å². The van der Waals surface area contributed by atoms with Crippen molar-refractivity contribution in [1.82, 2.24) is 0 Å². The van der Waals surface area contributed by atoms with Gasteiger partial charge in [0.1, 0.15) is 6.10 Å². The fourth-order valence-electron chi connectivity index (χ4n) is 2.63. The van der Waals surface area contributed by atoms with Crippen LogP contribution < -0.4 is 0 Å². The van der Waals surface area contributed by atoms with Crippen LogP contribution in [0.4, 0.5) is 8.78 Å². The Bertz CT molecular complexity index is 616. The van der Waals surface area contributed by atoms with Gasteiger partial charge in [-0.3, -0.25) is 14.4 Å². The number of esters is 4. The van der Waals surface area contributed by atoms with E-state index in [2.05, 4.69) is 4.74 Å². The van der Waals surface area contributed by atoms with Gasteiger partial charge in [0.25, 0.3) is 0 Å². The largest absolute Gasteiger partial charge is 0.458 e. The molecule has 0 radical (unpaired) electrons. The highest BCUT2D eigenvalue weighted by atomic mass is 19.3. The molecular weight excluding hydrogens is 370 g/mol. The minimum atomic E-state index is -3.71. The van der Waals surface area contributed by atoms with E-state index in [1.165, 1.54) is 0 Å². The topological polar surface area (TPSA) is 105 Å². The molecule has 0 bridgehead atoms. The molecule has 4 atom stereocenters. The fourth-order valence-corrected chi connectivity index (χ4v) is 2.63. The van der Waals surface area contributed by atoms with Crippen molar-refractivity contribution >= 4 is 23.9 Å². The SMILES string of the molecule is CCC[C@H](OC(C)=O)[C@@H](OC(C)=O)[C@H](OC(C)=O)[C@@H]1OC(=O)C=CC1(F)F. The molecule has 0 saturated carbocycles. The maximum atomic E-state index is 14.3. The van der Waals surface area contributed by atoms with E-state index in [9.17, 15) is 28.0 Å². The molecule has 0 aromatic heterocycles. The smallest absolute Gasteiger partial charge is 0.331 e. The molecular formula is C17H22F2O8. The Hall–Kier alpha value is -2.52. The van der Waals surface area contributed by atoms with E-state index >= 15 is 0 Å². The zero-order valence-electron chi connectivity index (χ0n) is 15.4. The van der Waals surface area contributed by atoms with Crippen LogP contribution in [0.5, 0.6) is 0 Å². The number of alkyl halides is 2. The Balaban J connectivity index is 3.38. The second-order valence-corrected chi connectivity index (χ2v) is 5.95. The lowest BCUT2D eigenvalue weighted by Gasteiger charge is -2.38. The standard InChI is InChI=1S/C17H22F2O8/c1-5-6-12(24-9(2)20)14(25-10(3)21)15(26-11(4)22)16-17(18,19)8-7-13(23)27-16/h7-8,12,14-16H,5-6H2,1-4H3/t12-,14+,15-,16-/m0/s1. The molecule has 0 aromatic rings. The molecule has 1 heterocycles. The van der Waals surface area contributed by atoms with E-state index < -0.39 is 54.2 Å². The van der Waals surface area contributed by atoms with Gasteiger partial charge in [-0.05, 0) is 12.5 Å². The molecule has 27 heavy (non-hydrogen) atoms. The van der Waals surface area contributed by atoms with E-state index in [0.29, 0.717) is 18.6 Å². The highest BCUT2D eigenvalue weighted by Crippen LogP contribution is 2.34. The average molecular weight is 392 g/mol. The maximum Gasteiger partial charge on any atom is 0.331 e. The third-order valence-corrected chi connectivity index (χ3v) is 3.55. The maximum absolute atomic E-state index is 14.3. The van der Waals surface area contributed by atoms with Gasteiger partial charge in [0.05, 0.1) is 0 Å². The molecule has 0 fully saturated rings. The van der Waals surface area contributed by atoms with Crippen LogP contribution in [0.3, 0.4) is 0 Å². The Kier molecular flexibility index (Phi) is 7.86. The van der Waals surface area contributed by atoms with Gasteiger partial charge in [0.2, 0.25) is 6.10 Å². The molecule has 1 rings (SSSR count). The predicted octanol–water partition coefficient (Wildman–Crippen LogP) is 1.70. The second kappa shape index (κ2) is 9.43. The molecule has 0 saturated heterocycles. The van der Waals surface area contributed by atoms with Gasteiger partial charge < -0.3 is 18.9 Å². The first-order valence-corrected chi connectivity index (χ1v) is 8.27. The summed E-state index contributed by atoms with van der Waals surface area (Å²) < 4.78 is 48.5. The number of ether oxygens (including phenoxy) is 4. The molecule has 0 aromatic carbocycles. The van der Waals surface area contributed by atoms with Gasteiger partial charge in [-0.2, -0.15) is 8.78 Å². The summed E-state index contributed by atoms with van der Waals surface area (Å²) in [5, 5.41) is 0. The van der Waals surface area contributed by atoms with Crippen LogP contribution in [-0.2, 0) is 38.1 Å². The van der Waals surface area contributed by atoms with Gasteiger partial charge in [0, 0.05) is 26.8 Å². The monoisotopic (exact) mass is 392 g/mol. The highest BCUT2D eigenvalue weighted by Gasteiger charge is 2.54. The number of rotatable bonds is 8. The Labute approximate surface area is 154 Å². The normalized spacial score (nSPS) is 21.4. The third kappa shape index (κ3) is 6.61. The molecule has 0 N–H and O–H groups in total. The molecule has 1 aliphatic heterocycles. The van der Waals surface area contributed by atoms with E-state index in [4.69, 9.17) is 14.2 Å². The lowest BCUT2D eigenvalue weighted by atomic mass is 9.94. The number of hydrogen-bond acceptors (Lipinski definition) is 8. The van der Waals surface area contributed by atoms with E-state index in [1.807, 2.05) is 0 Å². The van der Waals surface area contributed by atoms with Crippen molar-refractivity contribution in [1.29, 1.82) is 0 Å². The number of carbonyl (C=O) groups is 4. The van der Waals surface area contributed by atoms with Crippen molar-refractivity contribution < 1.29 is 46.9 Å². The van der Waals surface area contributed by atoms with Crippen LogP contribution in [0.15, 0.2) is 12.2 Å². The van der Waals surface area contributed by atoms with Crippen molar-refractivity contribution in [2.45, 2.75) is 70.9 Å². The van der Waals surface area contributed by atoms with Crippen LogP contribution in [-0.4, -0.2) is 54.2 Å². The van der Waals surface area contributed by atoms with Crippen molar-refractivity contribution in [2.24, 2.45) is 0 Å². The summed E-state index contributed by atoms with van der Waals surface area (Å²) >= 11 is 0. The zero-order chi connectivity index (χ0) is 20.8. The Morgan fingerprint density at radius 1 is 1.11 bits per heavy atom. The summed E-state index contributed by atoms with van der Waals surface area (Å²) in [5.74, 6) is -7.40. The molecule has 0 amide bonds. The second-order valence-electron chi connectivity index (χ2n) is 5.95. The summed E-state index contributed by atoms with van der Waals surface area (Å²) in [4.78, 5) is 45.9. The first-order valence-electron chi connectivity index (χ1n) is 8.27. The van der Waals surface area contributed by atoms with Crippen molar-refractivity contribution in [2.75, 3.05) is 0 Å². The minimum absolute atomic E-state index is 0.122. The summed E-state index contributed by atoms with van der Waals surface area (Å²) in [7, 11) is 0. The molecule has 10 heteroatoms. The van der Waals surface area contributed by atoms with Gasteiger partial charge in [-0.15, -0.1) is 0 Å². The number of halogens is 2. The lowest BCUT2D eigenvalue weighted by Crippen LogP contribution is -2.57. The number of carbonyl (C=O) groups excluding carboxylic acids is 4. The highest BCUT2D eigenvalue weighted by molar-refractivity contribution is 5.83. The number of cyclic esters (lactones) is 1. The van der Waals surface area contributed by atoms with Gasteiger partial charge in [-0.25, -0.2) is 4.79 Å².